The van der Waals surface area contributed by atoms with Crippen molar-refractivity contribution in [2.24, 2.45) is 5.73 Å². The number of nitrogens with zero attached hydrogens (tertiary/aromatic N) is 2. The highest BCUT2D eigenvalue weighted by Crippen LogP contribution is 2.54. The number of primary amides is 1. The molecule has 0 radical (unpaired) electrons. The lowest BCUT2D eigenvalue weighted by atomic mass is 9.73. The Bertz CT molecular complexity index is 1500. The van der Waals surface area contributed by atoms with Crippen molar-refractivity contribution in [3.05, 3.63) is 72.1 Å². The highest BCUT2D eigenvalue weighted by atomic mass is 35.5. The van der Waals surface area contributed by atoms with Gasteiger partial charge in [0.2, 0.25) is 11.8 Å². The maximum atomic E-state index is 14.2. The largest absolute Gasteiger partial charge is 0.487 e. The topological polar surface area (TPSA) is 120 Å². The van der Waals surface area contributed by atoms with E-state index in [0.717, 1.165) is 0 Å². The molecule has 192 valence electrons. The number of hydrogen-bond acceptors (Lipinski definition) is 6. The van der Waals surface area contributed by atoms with Gasteiger partial charge in [0.25, 0.3) is 0 Å². The fourth-order valence-electron chi connectivity index (χ4n) is 5.03. The molecule has 0 aliphatic carbocycles. The van der Waals surface area contributed by atoms with Crippen molar-refractivity contribution < 1.29 is 31.5 Å². The molecule has 2 amide bonds. The zero-order valence-corrected chi connectivity index (χ0v) is 20.7. The first kappa shape index (κ1) is 25.1. The summed E-state index contributed by atoms with van der Waals surface area (Å²) in [4.78, 5) is 31.9. The first-order valence-electron chi connectivity index (χ1n) is 11.2. The number of amides is 2. The van der Waals surface area contributed by atoms with Gasteiger partial charge in [0.15, 0.2) is 0 Å². The zero-order chi connectivity index (χ0) is 26.6. The fourth-order valence-corrected chi connectivity index (χ4v) is 6.64. The Balaban J connectivity index is 1.73. The molecule has 2 aromatic carbocycles. The molecule has 37 heavy (non-hydrogen) atoms. The van der Waals surface area contributed by atoms with Crippen molar-refractivity contribution in [1.29, 1.82) is 0 Å². The summed E-state index contributed by atoms with van der Waals surface area (Å²) in [6.45, 7) is 0. The van der Waals surface area contributed by atoms with Crippen LogP contribution in [0.25, 0.3) is 11.1 Å². The van der Waals surface area contributed by atoms with Gasteiger partial charge in [-0.3, -0.25) is 19.5 Å². The van der Waals surface area contributed by atoms with Crippen molar-refractivity contribution in [1.82, 2.24) is 4.98 Å². The van der Waals surface area contributed by atoms with E-state index < -0.39 is 26.7 Å². The Labute approximate surface area is 215 Å². The van der Waals surface area contributed by atoms with E-state index >= 15 is 0 Å². The van der Waals surface area contributed by atoms with Gasteiger partial charge in [0.1, 0.15) is 15.6 Å². The zero-order valence-electron chi connectivity index (χ0n) is 19.2. The second-order valence-corrected chi connectivity index (χ2v) is 11.7. The third-order valence-electron chi connectivity index (χ3n) is 6.71. The average molecular weight is 548 g/mol. The number of anilines is 2. The molecule has 1 fully saturated rings. The molecule has 0 saturated carbocycles. The van der Waals surface area contributed by atoms with Gasteiger partial charge in [-0.1, -0.05) is 6.07 Å². The van der Waals surface area contributed by atoms with Gasteiger partial charge in [-0.25, -0.2) is 8.42 Å². The van der Waals surface area contributed by atoms with Gasteiger partial charge in [-0.05, 0) is 66.4 Å². The number of carbonyl (C=O) groups excluding carboxylic acids is 2. The SMILES string of the molecule is NC(=O)c1cc(-c2cccnc2)c2c(c1)N(c1ccc(OC(F)(F)Cl)cc1)C(=O)C21CCS(=O)(=O)CC1. The lowest BCUT2D eigenvalue weighted by molar-refractivity contribution is -0.122. The highest BCUT2D eigenvalue weighted by molar-refractivity contribution is 7.91. The van der Waals surface area contributed by atoms with E-state index in [1.54, 1.807) is 30.6 Å². The number of aromatic nitrogens is 1. The summed E-state index contributed by atoms with van der Waals surface area (Å²) >= 11 is 4.85. The lowest BCUT2D eigenvalue weighted by Crippen LogP contribution is -2.44. The first-order chi connectivity index (χ1) is 17.4. The van der Waals surface area contributed by atoms with E-state index in [2.05, 4.69) is 9.72 Å². The van der Waals surface area contributed by atoms with Gasteiger partial charge in [-0.15, -0.1) is 8.78 Å². The average Bonchev–Trinajstić information content (AvgIpc) is 3.08. The van der Waals surface area contributed by atoms with Gasteiger partial charge >= 0.3 is 5.57 Å². The first-order valence-corrected chi connectivity index (χ1v) is 13.4. The molecule has 2 N–H and O–H groups in total. The molecule has 8 nitrogen and oxygen atoms in total. The number of pyridine rings is 1. The maximum absolute atomic E-state index is 14.2. The van der Waals surface area contributed by atoms with Crippen LogP contribution in [0.2, 0.25) is 0 Å². The predicted molar refractivity (Wildman–Crippen MR) is 133 cm³/mol. The Morgan fingerprint density at radius 1 is 1.14 bits per heavy atom. The van der Waals surface area contributed by atoms with Crippen LogP contribution >= 0.6 is 11.6 Å². The molecule has 3 aromatic rings. The molecular formula is C25H20ClF2N3O5S. The van der Waals surface area contributed by atoms with Gasteiger partial charge in [-0.2, -0.15) is 0 Å². The molecule has 5 rings (SSSR count). The van der Waals surface area contributed by atoms with Crippen molar-refractivity contribution in [2.75, 3.05) is 16.4 Å². The number of sulfone groups is 1. The minimum atomic E-state index is -3.91. The third kappa shape index (κ3) is 4.53. The number of ether oxygens (including phenoxy) is 1. The second-order valence-electron chi connectivity index (χ2n) is 8.94. The standard InChI is InChI=1S/C25H20ClF2N3O5S/c26-25(27,28)36-18-5-3-17(4-6-18)31-20-13-16(22(29)32)12-19(15-2-1-9-30-14-15)21(20)24(23(31)33)7-10-37(34,35)11-8-24/h1-6,9,12-14H,7-8,10-11H2,(H2,29,32). The molecule has 2 aliphatic heterocycles. The summed E-state index contributed by atoms with van der Waals surface area (Å²) in [7, 11) is -3.33. The van der Waals surface area contributed by atoms with E-state index in [9.17, 15) is 26.8 Å². The van der Waals surface area contributed by atoms with Crippen molar-refractivity contribution in [2.45, 2.75) is 23.8 Å². The summed E-state index contributed by atoms with van der Waals surface area (Å²) in [5.41, 5.74) is 3.04. The van der Waals surface area contributed by atoms with Crippen LogP contribution in [0.15, 0.2) is 60.9 Å². The number of carbonyl (C=O) groups is 2. The lowest BCUT2D eigenvalue weighted by Gasteiger charge is -2.33. The number of halogens is 3. The Morgan fingerprint density at radius 3 is 2.38 bits per heavy atom. The molecule has 0 unspecified atom stereocenters. The maximum Gasteiger partial charge on any atom is 0.487 e. The van der Waals surface area contributed by atoms with E-state index in [1.807, 2.05) is 0 Å². The van der Waals surface area contributed by atoms with E-state index in [0.29, 0.717) is 28.1 Å². The van der Waals surface area contributed by atoms with Crippen molar-refractivity contribution in [3.63, 3.8) is 0 Å². The number of hydrogen-bond donors (Lipinski definition) is 1. The van der Waals surface area contributed by atoms with Crippen LogP contribution in [-0.2, 0) is 20.0 Å². The summed E-state index contributed by atoms with van der Waals surface area (Å²) in [5.74, 6) is -1.71. The Morgan fingerprint density at radius 2 is 1.81 bits per heavy atom. The normalized spacial score (nSPS) is 18.0. The Hall–Kier alpha value is -3.57. The van der Waals surface area contributed by atoms with Crippen LogP contribution in [0, 0.1) is 0 Å². The molecule has 12 heteroatoms. The minimum Gasteiger partial charge on any atom is -0.420 e. The summed E-state index contributed by atoms with van der Waals surface area (Å²) in [6.07, 6.45) is 3.25. The summed E-state index contributed by atoms with van der Waals surface area (Å²) in [5, 5.41) is 0. The van der Waals surface area contributed by atoms with Crippen molar-refractivity contribution >= 4 is 44.6 Å². The van der Waals surface area contributed by atoms with Crippen molar-refractivity contribution in [3.8, 4) is 16.9 Å². The van der Waals surface area contributed by atoms with Crippen LogP contribution in [0.1, 0.15) is 28.8 Å². The molecule has 0 bridgehead atoms. The minimum absolute atomic E-state index is 0.0422. The van der Waals surface area contributed by atoms with Gasteiger partial charge < -0.3 is 10.5 Å². The van der Waals surface area contributed by atoms with Crippen LogP contribution in [0.3, 0.4) is 0 Å². The number of fused-ring (bicyclic) bond motifs is 2. The number of alkyl halides is 3. The van der Waals surface area contributed by atoms with Crippen LogP contribution in [-0.4, -0.2) is 42.3 Å². The smallest absolute Gasteiger partial charge is 0.420 e. The number of nitrogens with two attached hydrogens (primary N) is 1. The number of rotatable bonds is 5. The molecule has 3 heterocycles. The molecule has 2 aliphatic rings. The molecule has 1 saturated heterocycles. The quantitative estimate of drug-likeness (QED) is 0.479. The van der Waals surface area contributed by atoms with E-state index in [1.165, 1.54) is 35.2 Å². The predicted octanol–water partition coefficient (Wildman–Crippen LogP) is 4.14. The molecular weight excluding hydrogens is 528 g/mol. The van der Waals surface area contributed by atoms with Crippen LogP contribution in [0.4, 0.5) is 20.2 Å². The Kier molecular flexibility index (Phi) is 5.95. The molecule has 1 spiro atoms. The number of benzene rings is 2. The monoisotopic (exact) mass is 547 g/mol. The third-order valence-corrected chi connectivity index (χ3v) is 8.44. The van der Waals surface area contributed by atoms with E-state index in [4.69, 9.17) is 17.3 Å². The van der Waals surface area contributed by atoms with Crippen LogP contribution in [0.5, 0.6) is 5.75 Å². The van der Waals surface area contributed by atoms with E-state index in [-0.39, 0.29) is 41.6 Å². The second kappa shape index (κ2) is 8.77. The summed E-state index contributed by atoms with van der Waals surface area (Å²) in [6, 6.07) is 11.8. The molecule has 0 atom stereocenters. The van der Waals surface area contributed by atoms with Gasteiger partial charge in [0.05, 0.1) is 22.6 Å². The van der Waals surface area contributed by atoms with Gasteiger partial charge in [0, 0.05) is 40.8 Å². The summed E-state index contributed by atoms with van der Waals surface area (Å²) < 4.78 is 55.2. The fraction of sp³-hybridized carbons (Fsp3) is 0.240. The van der Waals surface area contributed by atoms with Crippen LogP contribution < -0.4 is 15.4 Å². The molecule has 1 aromatic heterocycles. The highest BCUT2D eigenvalue weighted by Gasteiger charge is 2.55.